The minimum atomic E-state index is -0.818. The third-order valence-corrected chi connectivity index (χ3v) is 5.65. The molecular weight excluding hydrogens is 436 g/mol. The van der Waals surface area contributed by atoms with E-state index in [1.54, 1.807) is 43.3 Å². The van der Waals surface area contributed by atoms with Gasteiger partial charge in [-0.2, -0.15) is 0 Å². The number of nitrogens with zero attached hydrogens (tertiary/aromatic N) is 2. The summed E-state index contributed by atoms with van der Waals surface area (Å²) in [5.74, 6) is 1.20. The van der Waals surface area contributed by atoms with Gasteiger partial charge >= 0.3 is 0 Å². The van der Waals surface area contributed by atoms with Gasteiger partial charge in [-0.3, -0.25) is 14.5 Å². The number of amides is 1. The SMILES string of the molecule is COc1ccc([C@H]2c3c(oc4ccc(Cl)cc4c3=O)C(=O)N2c2cc(C)on2)cc1OC. The molecule has 5 rings (SSSR count). The number of ether oxygens (including phenoxy) is 2. The first kappa shape index (κ1) is 20.1. The standard InChI is InChI=1S/C23H17ClN2O6/c1-11-8-18(25-32-11)26-20(12-4-6-16(29-2)17(9-12)30-3)19-21(27)14-10-13(24)5-7-15(14)31-22(19)23(26)28/h4-10,20H,1-3H3/t20-/m0/s1. The van der Waals surface area contributed by atoms with Gasteiger partial charge in [0.05, 0.1) is 31.2 Å². The number of carbonyl (C=O) groups excluding carboxylic acids is 1. The van der Waals surface area contributed by atoms with E-state index in [1.807, 2.05) is 0 Å². The summed E-state index contributed by atoms with van der Waals surface area (Å²) in [6, 6.07) is 10.7. The summed E-state index contributed by atoms with van der Waals surface area (Å²) in [7, 11) is 3.04. The normalized spacial score (nSPS) is 15.3. The molecular formula is C23H17ClN2O6. The number of anilines is 1. The summed E-state index contributed by atoms with van der Waals surface area (Å²) in [5.41, 5.74) is 0.733. The number of halogens is 1. The lowest BCUT2D eigenvalue weighted by Gasteiger charge is -2.23. The summed E-state index contributed by atoms with van der Waals surface area (Å²) in [4.78, 5) is 28.4. The molecule has 0 saturated heterocycles. The Labute approximate surface area is 186 Å². The Bertz CT molecular complexity index is 1440. The molecule has 162 valence electrons. The lowest BCUT2D eigenvalue weighted by atomic mass is 9.98. The van der Waals surface area contributed by atoms with Crippen LogP contribution in [0, 0.1) is 6.92 Å². The van der Waals surface area contributed by atoms with Crippen molar-refractivity contribution in [3.05, 3.63) is 80.4 Å². The third kappa shape index (κ3) is 2.95. The Hall–Kier alpha value is -3.78. The number of fused-ring (bicyclic) bond motifs is 2. The van der Waals surface area contributed by atoms with E-state index in [9.17, 15) is 9.59 Å². The second kappa shape index (κ2) is 7.42. The van der Waals surface area contributed by atoms with Crippen LogP contribution in [-0.4, -0.2) is 25.3 Å². The molecule has 0 bridgehead atoms. The Morgan fingerprint density at radius 1 is 1.03 bits per heavy atom. The van der Waals surface area contributed by atoms with E-state index >= 15 is 0 Å². The Balaban J connectivity index is 1.81. The first-order valence-electron chi connectivity index (χ1n) is 9.68. The van der Waals surface area contributed by atoms with Crippen molar-refractivity contribution in [2.75, 3.05) is 19.1 Å². The summed E-state index contributed by atoms with van der Waals surface area (Å²) in [6.45, 7) is 1.72. The van der Waals surface area contributed by atoms with Gasteiger partial charge in [-0.25, -0.2) is 0 Å². The van der Waals surface area contributed by atoms with Crippen LogP contribution in [0.5, 0.6) is 11.5 Å². The number of methoxy groups -OCH3 is 2. The fraction of sp³-hybridized carbons (Fsp3) is 0.174. The molecule has 3 heterocycles. The number of aryl methyl sites for hydroxylation is 1. The monoisotopic (exact) mass is 452 g/mol. The van der Waals surface area contributed by atoms with E-state index in [1.165, 1.54) is 25.2 Å². The van der Waals surface area contributed by atoms with E-state index in [-0.39, 0.29) is 33.5 Å². The summed E-state index contributed by atoms with van der Waals surface area (Å²) >= 11 is 6.11. The first-order valence-corrected chi connectivity index (χ1v) is 10.1. The molecule has 0 spiro atoms. The number of carbonyl (C=O) groups is 1. The fourth-order valence-electron chi connectivity index (χ4n) is 3.99. The van der Waals surface area contributed by atoms with Crippen LogP contribution in [0.1, 0.15) is 33.5 Å². The highest BCUT2D eigenvalue weighted by molar-refractivity contribution is 6.31. The van der Waals surface area contributed by atoms with Crippen molar-refractivity contribution in [1.29, 1.82) is 0 Å². The van der Waals surface area contributed by atoms with Gasteiger partial charge in [0.15, 0.2) is 22.7 Å². The molecule has 4 aromatic rings. The van der Waals surface area contributed by atoms with Crippen LogP contribution in [0.2, 0.25) is 5.02 Å². The average Bonchev–Trinajstić information content (AvgIpc) is 3.34. The molecule has 2 aromatic carbocycles. The Morgan fingerprint density at radius 3 is 2.50 bits per heavy atom. The first-order chi connectivity index (χ1) is 15.4. The number of rotatable bonds is 4. The maximum Gasteiger partial charge on any atom is 0.296 e. The number of aromatic nitrogens is 1. The zero-order valence-electron chi connectivity index (χ0n) is 17.3. The minimum Gasteiger partial charge on any atom is -0.493 e. The Kier molecular flexibility index (Phi) is 4.67. The molecule has 1 aliphatic rings. The fourth-order valence-corrected chi connectivity index (χ4v) is 4.16. The quantitative estimate of drug-likeness (QED) is 0.449. The second-order valence-corrected chi connectivity index (χ2v) is 7.74. The van der Waals surface area contributed by atoms with E-state index in [2.05, 4.69) is 5.16 Å². The van der Waals surface area contributed by atoms with Gasteiger partial charge in [-0.1, -0.05) is 22.8 Å². The molecule has 0 aliphatic carbocycles. The van der Waals surface area contributed by atoms with Gasteiger partial charge < -0.3 is 18.4 Å². The lowest BCUT2D eigenvalue weighted by molar-refractivity contribution is 0.0969. The van der Waals surface area contributed by atoms with Gasteiger partial charge in [0.1, 0.15) is 11.3 Å². The van der Waals surface area contributed by atoms with Crippen LogP contribution < -0.4 is 19.8 Å². The smallest absolute Gasteiger partial charge is 0.296 e. The van der Waals surface area contributed by atoms with Crippen molar-refractivity contribution in [2.24, 2.45) is 0 Å². The van der Waals surface area contributed by atoms with Crippen molar-refractivity contribution in [3.63, 3.8) is 0 Å². The number of hydrogen-bond acceptors (Lipinski definition) is 7. The van der Waals surface area contributed by atoms with Crippen LogP contribution >= 0.6 is 11.6 Å². The number of benzene rings is 2. The van der Waals surface area contributed by atoms with E-state index in [4.69, 9.17) is 30.0 Å². The van der Waals surface area contributed by atoms with Gasteiger partial charge in [-0.05, 0) is 42.8 Å². The highest BCUT2D eigenvalue weighted by atomic mass is 35.5. The topological polar surface area (TPSA) is 95.0 Å². The molecule has 1 atom stereocenters. The van der Waals surface area contributed by atoms with E-state index in [0.29, 0.717) is 27.8 Å². The highest BCUT2D eigenvalue weighted by Gasteiger charge is 2.45. The second-order valence-electron chi connectivity index (χ2n) is 7.30. The van der Waals surface area contributed by atoms with Gasteiger partial charge in [0.2, 0.25) is 5.76 Å². The summed E-state index contributed by atoms with van der Waals surface area (Å²) in [5, 5.41) is 4.68. The molecule has 9 heteroatoms. The van der Waals surface area contributed by atoms with Gasteiger partial charge in [-0.15, -0.1) is 0 Å². The van der Waals surface area contributed by atoms with Crippen LogP contribution in [0.15, 0.2) is 56.2 Å². The lowest BCUT2D eigenvalue weighted by Crippen LogP contribution is -2.29. The zero-order chi connectivity index (χ0) is 22.6. The maximum atomic E-state index is 13.6. The zero-order valence-corrected chi connectivity index (χ0v) is 18.1. The average molecular weight is 453 g/mol. The molecule has 8 nitrogen and oxygen atoms in total. The maximum absolute atomic E-state index is 13.6. The number of hydrogen-bond donors (Lipinski definition) is 0. The molecule has 0 saturated carbocycles. The highest BCUT2D eigenvalue weighted by Crippen LogP contribution is 2.43. The predicted octanol–water partition coefficient (Wildman–Crippen LogP) is 4.51. The molecule has 0 unspecified atom stereocenters. The van der Waals surface area contributed by atoms with Gasteiger partial charge in [0.25, 0.3) is 5.91 Å². The molecule has 0 fully saturated rings. The van der Waals surface area contributed by atoms with E-state index in [0.717, 1.165) is 0 Å². The van der Waals surface area contributed by atoms with Crippen molar-refractivity contribution < 1.29 is 23.2 Å². The molecule has 0 radical (unpaired) electrons. The summed E-state index contributed by atoms with van der Waals surface area (Å²) < 4.78 is 21.9. The molecule has 2 aromatic heterocycles. The minimum absolute atomic E-state index is 0.0507. The van der Waals surface area contributed by atoms with Gasteiger partial charge in [0, 0.05) is 11.1 Å². The van der Waals surface area contributed by atoms with Crippen LogP contribution in [0.25, 0.3) is 11.0 Å². The van der Waals surface area contributed by atoms with Crippen LogP contribution in [0.3, 0.4) is 0 Å². The molecule has 1 amide bonds. The third-order valence-electron chi connectivity index (χ3n) is 5.42. The van der Waals surface area contributed by atoms with Crippen LogP contribution in [-0.2, 0) is 0 Å². The van der Waals surface area contributed by atoms with Crippen molar-refractivity contribution in [3.8, 4) is 11.5 Å². The van der Waals surface area contributed by atoms with Crippen molar-refractivity contribution in [1.82, 2.24) is 5.16 Å². The van der Waals surface area contributed by atoms with Crippen molar-refractivity contribution >= 4 is 34.3 Å². The van der Waals surface area contributed by atoms with Crippen molar-refractivity contribution in [2.45, 2.75) is 13.0 Å². The largest absolute Gasteiger partial charge is 0.493 e. The Morgan fingerprint density at radius 2 is 1.81 bits per heavy atom. The van der Waals surface area contributed by atoms with Crippen LogP contribution in [0.4, 0.5) is 5.82 Å². The van der Waals surface area contributed by atoms with E-state index < -0.39 is 11.9 Å². The predicted molar refractivity (Wildman–Crippen MR) is 117 cm³/mol. The molecule has 32 heavy (non-hydrogen) atoms. The molecule has 0 N–H and O–H groups in total. The molecule has 1 aliphatic heterocycles. The summed E-state index contributed by atoms with van der Waals surface area (Å²) in [6.07, 6.45) is 0.